The maximum absolute atomic E-state index is 4.32. The van der Waals surface area contributed by atoms with Crippen LogP contribution in [0.1, 0.15) is 11.1 Å². The van der Waals surface area contributed by atoms with Crippen LogP contribution in [0.2, 0.25) is 0 Å². The molecule has 0 amide bonds. The summed E-state index contributed by atoms with van der Waals surface area (Å²) in [6, 6.07) is 11.9. The molecule has 0 radical (unpaired) electrons. The largest absolute Gasteiger partial charge is 0.237 e. The molecule has 1 heterocycles. The molecule has 1 aromatic heterocycles. The number of aliphatic imine (C=N–C) groups is 1. The molecule has 1 aromatic carbocycles. The lowest BCUT2D eigenvalue weighted by atomic mass is 10.2. The Labute approximate surface area is 103 Å². The van der Waals surface area contributed by atoms with Crippen LogP contribution in [0.5, 0.6) is 0 Å². The molecule has 0 saturated carbocycles. The number of halogens is 1. The second kappa shape index (κ2) is 5.03. The first-order valence-corrected chi connectivity index (χ1v) is 5.75. The average molecular weight is 275 g/mol. The van der Waals surface area contributed by atoms with Crippen LogP contribution in [0, 0.1) is 6.92 Å². The van der Waals surface area contributed by atoms with E-state index in [1.54, 1.807) is 6.20 Å². The maximum Gasteiger partial charge on any atom is 0.151 e. The lowest BCUT2D eigenvalue weighted by Gasteiger charge is -1.95. The highest BCUT2D eigenvalue weighted by atomic mass is 79.9. The Kier molecular flexibility index (Phi) is 3.47. The van der Waals surface area contributed by atoms with Gasteiger partial charge in [-0.15, -0.1) is 0 Å². The molecule has 0 spiro atoms. The van der Waals surface area contributed by atoms with Crippen LogP contribution in [-0.4, -0.2) is 11.2 Å². The molecule has 0 bridgehead atoms. The van der Waals surface area contributed by atoms with Crippen molar-refractivity contribution in [2.45, 2.75) is 6.92 Å². The van der Waals surface area contributed by atoms with Gasteiger partial charge in [0.05, 0.1) is 0 Å². The fraction of sp³-hybridized carbons (Fsp3) is 0.0769. The van der Waals surface area contributed by atoms with Crippen molar-refractivity contribution in [3.8, 4) is 0 Å². The quantitative estimate of drug-likeness (QED) is 0.763. The molecule has 2 rings (SSSR count). The molecule has 16 heavy (non-hydrogen) atoms. The van der Waals surface area contributed by atoms with E-state index in [0.717, 1.165) is 21.4 Å². The molecule has 80 valence electrons. The molecule has 0 aliphatic carbocycles. The van der Waals surface area contributed by atoms with Gasteiger partial charge in [0.2, 0.25) is 0 Å². The van der Waals surface area contributed by atoms with Crippen molar-refractivity contribution in [3.63, 3.8) is 0 Å². The van der Waals surface area contributed by atoms with Crippen molar-refractivity contribution in [2.75, 3.05) is 0 Å². The van der Waals surface area contributed by atoms with Crippen LogP contribution < -0.4 is 0 Å². The van der Waals surface area contributed by atoms with Gasteiger partial charge < -0.3 is 0 Å². The molecular weight excluding hydrogens is 264 g/mol. The number of nitrogens with zero attached hydrogens (tertiary/aromatic N) is 2. The van der Waals surface area contributed by atoms with Gasteiger partial charge in [0, 0.05) is 16.9 Å². The minimum absolute atomic E-state index is 0.739. The van der Waals surface area contributed by atoms with E-state index in [1.165, 1.54) is 0 Å². The second-order valence-corrected chi connectivity index (χ2v) is 4.42. The monoisotopic (exact) mass is 274 g/mol. The van der Waals surface area contributed by atoms with E-state index in [0.29, 0.717) is 0 Å². The SMILES string of the molecule is Cc1ccnc(N=Cc2ccc(Br)cc2)c1. The average Bonchev–Trinajstić information content (AvgIpc) is 2.28. The summed E-state index contributed by atoms with van der Waals surface area (Å²) >= 11 is 3.39. The first-order valence-electron chi connectivity index (χ1n) is 4.96. The number of hydrogen-bond donors (Lipinski definition) is 0. The molecule has 0 N–H and O–H groups in total. The third-order valence-electron chi connectivity index (χ3n) is 2.12. The van der Waals surface area contributed by atoms with Crippen molar-refractivity contribution in [1.29, 1.82) is 0 Å². The van der Waals surface area contributed by atoms with E-state index in [9.17, 15) is 0 Å². The fourth-order valence-corrected chi connectivity index (χ4v) is 1.54. The summed E-state index contributed by atoms with van der Waals surface area (Å²) in [4.78, 5) is 8.48. The van der Waals surface area contributed by atoms with Crippen LogP contribution in [0.4, 0.5) is 5.82 Å². The summed E-state index contributed by atoms with van der Waals surface area (Å²) < 4.78 is 1.07. The van der Waals surface area contributed by atoms with Gasteiger partial charge >= 0.3 is 0 Å². The van der Waals surface area contributed by atoms with Crippen LogP contribution in [0.3, 0.4) is 0 Å². The third-order valence-corrected chi connectivity index (χ3v) is 2.65. The molecule has 0 saturated heterocycles. The lowest BCUT2D eigenvalue weighted by molar-refractivity contribution is 1.25. The van der Waals surface area contributed by atoms with E-state index >= 15 is 0 Å². The molecule has 2 aromatic rings. The minimum atomic E-state index is 0.739. The molecule has 0 fully saturated rings. The van der Waals surface area contributed by atoms with Gasteiger partial charge in [-0.2, -0.15) is 0 Å². The number of hydrogen-bond acceptors (Lipinski definition) is 2. The standard InChI is InChI=1S/C13H11BrN2/c1-10-6-7-15-13(8-10)16-9-11-2-4-12(14)5-3-11/h2-9H,1H3. The van der Waals surface area contributed by atoms with Crippen LogP contribution in [-0.2, 0) is 0 Å². The highest BCUT2D eigenvalue weighted by Crippen LogP contribution is 2.11. The summed E-state index contributed by atoms with van der Waals surface area (Å²) in [6.07, 6.45) is 3.58. The Hall–Kier alpha value is -1.48. The Balaban J connectivity index is 2.18. The van der Waals surface area contributed by atoms with Crippen molar-refractivity contribution in [3.05, 3.63) is 58.2 Å². The smallest absolute Gasteiger partial charge is 0.151 e. The van der Waals surface area contributed by atoms with Gasteiger partial charge in [0.15, 0.2) is 5.82 Å². The molecule has 0 atom stereocenters. The second-order valence-electron chi connectivity index (χ2n) is 3.50. The van der Waals surface area contributed by atoms with E-state index < -0.39 is 0 Å². The van der Waals surface area contributed by atoms with E-state index in [4.69, 9.17) is 0 Å². The Morgan fingerprint density at radius 2 is 1.94 bits per heavy atom. The Morgan fingerprint density at radius 3 is 2.62 bits per heavy atom. The maximum atomic E-state index is 4.32. The summed E-state index contributed by atoms with van der Waals surface area (Å²) in [6.45, 7) is 2.03. The van der Waals surface area contributed by atoms with Crippen LogP contribution >= 0.6 is 15.9 Å². The van der Waals surface area contributed by atoms with Gasteiger partial charge in [-0.25, -0.2) is 9.98 Å². The number of pyridine rings is 1. The first kappa shape index (κ1) is 11.0. The minimum Gasteiger partial charge on any atom is -0.237 e. The molecule has 0 aliphatic rings. The predicted molar refractivity (Wildman–Crippen MR) is 70.4 cm³/mol. The summed E-state index contributed by atoms with van der Waals surface area (Å²) in [5.41, 5.74) is 2.23. The normalized spacial score (nSPS) is 10.9. The van der Waals surface area contributed by atoms with Crippen LogP contribution in [0.15, 0.2) is 52.1 Å². The lowest BCUT2D eigenvalue weighted by Crippen LogP contribution is -1.81. The molecular formula is C13H11BrN2. The van der Waals surface area contributed by atoms with E-state index in [1.807, 2.05) is 49.5 Å². The molecule has 2 nitrogen and oxygen atoms in total. The zero-order chi connectivity index (χ0) is 11.4. The Morgan fingerprint density at radius 1 is 1.19 bits per heavy atom. The van der Waals surface area contributed by atoms with E-state index in [-0.39, 0.29) is 0 Å². The number of rotatable bonds is 2. The van der Waals surface area contributed by atoms with Gasteiger partial charge in [-0.3, -0.25) is 0 Å². The number of benzene rings is 1. The first-order chi connectivity index (χ1) is 7.74. The van der Waals surface area contributed by atoms with Gasteiger partial charge in [-0.05, 0) is 42.3 Å². The summed E-state index contributed by atoms with van der Waals surface area (Å²) in [5, 5.41) is 0. The Bertz CT molecular complexity index is 504. The topological polar surface area (TPSA) is 25.2 Å². The summed E-state index contributed by atoms with van der Waals surface area (Å²) in [5.74, 6) is 0.739. The third kappa shape index (κ3) is 3.00. The number of aryl methyl sites for hydroxylation is 1. The molecule has 0 unspecified atom stereocenters. The molecule has 3 heteroatoms. The van der Waals surface area contributed by atoms with Crippen molar-refractivity contribution >= 4 is 28.0 Å². The highest BCUT2D eigenvalue weighted by molar-refractivity contribution is 9.10. The van der Waals surface area contributed by atoms with Gasteiger partial charge in [-0.1, -0.05) is 28.1 Å². The fourth-order valence-electron chi connectivity index (χ4n) is 1.28. The van der Waals surface area contributed by atoms with E-state index in [2.05, 4.69) is 25.9 Å². The van der Waals surface area contributed by atoms with Crippen LogP contribution in [0.25, 0.3) is 0 Å². The zero-order valence-electron chi connectivity index (χ0n) is 8.89. The van der Waals surface area contributed by atoms with Crippen molar-refractivity contribution in [1.82, 2.24) is 4.98 Å². The van der Waals surface area contributed by atoms with Crippen molar-refractivity contribution < 1.29 is 0 Å². The van der Waals surface area contributed by atoms with Crippen molar-refractivity contribution in [2.24, 2.45) is 4.99 Å². The zero-order valence-corrected chi connectivity index (χ0v) is 10.5. The number of aromatic nitrogens is 1. The molecule has 0 aliphatic heterocycles. The highest BCUT2D eigenvalue weighted by Gasteiger charge is 1.91. The van der Waals surface area contributed by atoms with Gasteiger partial charge in [0.25, 0.3) is 0 Å². The predicted octanol–water partition coefficient (Wildman–Crippen LogP) is 3.90. The van der Waals surface area contributed by atoms with Gasteiger partial charge in [0.1, 0.15) is 0 Å². The summed E-state index contributed by atoms with van der Waals surface area (Å²) in [7, 11) is 0.